The monoisotopic (exact) mass is 429 g/mol. The summed E-state index contributed by atoms with van der Waals surface area (Å²) in [5, 5.41) is 0.819. The van der Waals surface area contributed by atoms with Gasteiger partial charge in [-0.05, 0) is 31.4 Å². The first-order valence-corrected chi connectivity index (χ1v) is 11.2. The molecule has 7 nitrogen and oxygen atoms in total. The van der Waals surface area contributed by atoms with Crippen LogP contribution in [0.4, 0.5) is 0 Å². The van der Waals surface area contributed by atoms with Gasteiger partial charge in [0.25, 0.3) is 5.56 Å². The van der Waals surface area contributed by atoms with Gasteiger partial charge in [0.1, 0.15) is 6.54 Å². The highest BCUT2D eigenvalue weighted by atomic mass is 35.5. The molecular weight excluding hydrogens is 413 g/mol. The Morgan fingerprint density at radius 1 is 1.22 bits per heavy atom. The molecule has 2 fully saturated rings. The van der Waals surface area contributed by atoms with E-state index in [1.54, 1.807) is 4.90 Å². The number of hydrogen-bond acceptors (Lipinski definition) is 5. The summed E-state index contributed by atoms with van der Waals surface area (Å²) in [7, 11) is -3.10. The molecule has 1 saturated carbocycles. The van der Waals surface area contributed by atoms with E-state index in [9.17, 15) is 18.0 Å². The molecule has 0 spiro atoms. The molecule has 10 heteroatoms. The summed E-state index contributed by atoms with van der Waals surface area (Å²) in [6, 6.07) is 2.72. The molecule has 2 heterocycles. The van der Waals surface area contributed by atoms with Crippen LogP contribution in [0.3, 0.4) is 0 Å². The molecule has 2 aliphatic rings. The van der Waals surface area contributed by atoms with Crippen molar-refractivity contribution in [3.05, 3.63) is 38.9 Å². The Morgan fingerprint density at radius 2 is 1.96 bits per heavy atom. The van der Waals surface area contributed by atoms with Crippen molar-refractivity contribution in [3.8, 4) is 0 Å². The molecule has 1 aliphatic heterocycles. The lowest BCUT2D eigenvalue weighted by Crippen LogP contribution is -2.45. The van der Waals surface area contributed by atoms with E-state index in [4.69, 9.17) is 23.2 Å². The third kappa shape index (κ3) is 3.70. The molecule has 1 atom stereocenters. The summed E-state index contributed by atoms with van der Waals surface area (Å²) in [6.45, 7) is -0.195. The van der Waals surface area contributed by atoms with Crippen LogP contribution in [-0.2, 0) is 21.2 Å². The van der Waals surface area contributed by atoms with Crippen LogP contribution in [0.25, 0.3) is 10.9 Å². The highest BCUT2D eigenvalue weighted by Gasteiger charge is 2.42. The summed E-state index contributed by atoms with van der Waals surface area (Å²) < 4.78 is 24.8. The lowest BCUT2D eigenvalue weighted by Gasteiger charge is -2.28. The zero-order valence-electron chi connectivity index (χ0n) is 14.3. The molecule has 0 radical (unpaired) electrons. The Kier molecular flexibility index (Phi) is 4.68. The highest BCUT2D eigenvalue weighted by Crippen LogP contribution is 2.32. The van der Waals surface area contributed by atoms with Crippen molar-refractivity contribution in [2.24, 2.45) is 0 Å². The quantitative estimate of drug-likeness (QED) is 0.739. The second-order valence-electron chi connectivity index (χ2n) is 7.05. The molecule has 0 bridgehead atoms. The molecule has 1 amide bonds. The predicted molar refractivity (Wildman–Crippen MR) is 103 cm³/mol. The van der Waals surface area contributed by atoms with Gasteiger partial charge in [-0.3, -0.25) is 14.2 Å². The van der Waals surface area contributed by atoms with Crippen molar-refractivity contribution in [3.63, 3.8) is 0 Å². The van der Waals surface area contributed by atoms with Crippen molar-refractivity contribution >= 4 is 49.8 Å². The molecule has 4 rings (SSSR count). The fraction of sp³-hybridized carbons (Fsp3) is 0.471. The minimum Gasteiger partial charge on any atom is -0.334 e. The third-order valence-corrected chi connectivity index (χ3v) is 7.24. The Labute approximate surface area is 165 Å². The maximum Gasteiger partial charge on any atom is 0.261 e. The molecule has 0 N–H and O–H groups in total. The number of hydrogen-bond donors (Lipinski definition) is 0. The summed E-state index contributed by atoms with van der Waals surface area (Å²) in [4.78, 5) is 31.5. The van der Waals surface area contributed by atoms with Gasteiger partial charge in [0.05, 0.1) is 33.8 Å². The van der Waals surface area contributed by atoms with Crippen molar-refractivity contribution in [1.29, 1.82) is 0 Å². The van der Waals surface area contributed by atoms with E-state index in [0.717, 1.165) is 12.8 Å². The molecule has 144 valence electrons. The minimum absolute atomic E-state index is 0.00861. The molecule has 1 aliphatic carbocycles. The molecular formula is C17H17Cl2N3O4S. The summed E-state index contributed by atoms with van der Waals surface area (Å²) in [6.07, 6.45) is 3.45. The van der Waals surface area contributed by atoms with Gasteiger partial charge in [0.15, 0.2) is 9.84 Å². The van der Waals surface area contributed by atoms with Crippen molar-refractivity contribution in [2.45, 2.75) is 37.9 Å². The van der Waals surface area contributed by atoms with Crippen LogP contribution in [0.15, 0.2) is 23.3 Å². The number of aromatic nitrogens is 2. The fourth-order valence-electron chi connectivity index (χ4n) is 3.59. The standard InChI is InChI=1S/C17H17Cl2N3O4S/c18-10-5-13-16(14(19)6-10)20-9-21(17(13)24)7-15(23)22(11-1-2-11)12-3-4-27(25,26)8-12/h5-6,9,11-12H,1-4,7-8H2. The number of benzene rings is 1. The van der Waals surface area contributed by atoms with Crippen LogP contribution in [0.2, 0.25) is 10.0 Å². The first-order chi connectivity index (χ1) is 12.7. The number of nitrogens with zero attached hydrogens (tertiary/aromatic N) is 3. The second kappa shape index (κ2) is 6.76. The summed E-state index contributed by atoms with van der Waals surface area (Å²) in [5.41, 5.74) is -0.0803. The highest BCUT2D eigenvalue weighted by molar-refractivity contribution is 7.91. The third-order valence-electron chi connectivity index (χ3n) is 4.98. The fourth-order valence-corrected chi connectivity index (χ4v) is 5.84. The predicted octanol–water partition coefficient (Wildman–Crippen LogP) is 1.88. The normalized spacial score (nSPS) is 21.5. The number of carbonyl (C=O) groups excluding carboxylic acids is 1. The molecule has 27 heavy (non-hydrogen) atoms. The van der Waals surface area contributed by atoms with Crippen LogP contribution >= 0.6 is 23.2 Å². The number of halogens is 2. The van der Waals surface area contributed by atoms with Crippen LogP contribution in [0.5, 0.6) is 0 Å². The number of sulfone groups is 1. The first-order valence-electron chi connectivity index (χ1n) is 8.61. The van der Waals surface area contributed by atoms with Crippen LogP contribution in [0.1, 0.15) is 19.3 Å². The molecule has 1 unspecified atom stereocenters. The Morgan fingerprint density at radius 3 is 2.59 bits per heavy atom. The van der Waals surface area contributed by atoms with E-state index in [0.29, 0.717) is 17.0 Å². The SMILES string of the molecule is O=C(Cn1cnc2c(Cl)cc(Cl)cc2c1=O)N(C1CC1)C1CCS(=O)(=O)C1. The van der Waals surface area contributed by atoms with Crippen LogP contribution in [0, 0.1) is 0 Å². The van der Waals surface area contributed by atoms with Gasteiger partial charge in [-0.25, -0.2) is 13.4 Å². The van der Waals surface area contributed by atoms with E-state index in [-0.39, 0.29) is 46.5 Å². The van der Waals surface area contributed by atoms with Gasteiger partial charge >= 0.3 is 0 Å². The number of carbonyl (C=O) groups is 1. The number of rotatable bonds is 4. The number of amides is 1. The molecule has 1 aromatic heterocycles. The van der Waals surface area contributed by atoms with Gasteiger partial charge < -0.3 is 4.90 Å². The van der Waals surface area contributed by atoms with E-state index in [2.05, 4.69) is 4.98 Å². The van der Waals surface area contributed by atoms with Gasteiger partial charge in [-0.2, -0.15) is 0 Å². The maximum absolute atomic E-state index is 12.9. The van der Waals surface area contributed by atoms with E-state index in [1.165, 1.54) is 23.0 Å². The topological polar surface area (TPSA) is 89.3 Å². The second-order valence-corrected chi connectivity index (χ2v) is 10.1. The Bertz CT molecular complexity index is 1100. The summed E-state index contributed by atoms with van der Waals surface area (Å²) >= 11 is 12.1. The van der Waals surface area contributed by atoms with Crippen molar-refractivity contribution < 1.29 is 13.2 Å². The van der Waals surface area contributed by atoms with Crippen molar-refractivity contribution in [1.82, 2.24) is 14.5 Å². The summed E-state index contributed by atoms with van der Waals surface area (Å²) in [5.74, 6) is -0.176. The van der Waals surface area contributed by atoms with E-state index in [1.807, 2.05) is 0 Å². The lowest BCUT2D eigenvalue weighted by molar-refractivity contribution is -0.134. The van der Waals surface area contributed by atoms with Gasteiger partial charge in [-0.1, -0.05) is 23.2 Å². The van der Waals surface area contributed by atoms with Crippen LogP contribution in [-0.4, -0.2) is 52.4 Å². The van der Waals surface area contributed by atoms with Crippen LogP contribution < -0.4 is 5.56 Å². The molecule has 2 aromatic rings. The van der Waals surface area contributed by atoms with Gasteiger partial charge in [0.2, 0.25) is 5.91 Å². The zero-order chi connectivity index (χ0) is 19.3. The Balaban J connectivity index is 1.64. The van der Waals surface area contributed by atoms with E-state index < -0.39 is 15.4 Å². The van der Waals surface area contributed by atoms with Crippen molar-refractivity contribution in [2.75, 3.05) is 11.5 Å². The minimum atomic E-state index is -3.10. The van der Waals surface area contributed by atoms with Gasteiger partial charge in [-0.15, -0.1) is 0 Å². The molecule has 1 aromatic carbocycles. The largest absolute Gasteiger partial charge is 0.334 e. The zero-order valence-corrected chi connectivity index (χ0v) is 16.6. The number of fused-ring (bicyclic) bond motifs is 1. The van der Waals surface area contributed by atoms with E-state index >= 15 is 0 Å². The molecule has 1 saturated heterocycles. The first kappa shape index (κ1) is 18.7. The Hall–Kier alpha value is -1.64. The van der Waals surface area contributed by atoms with Gasteiger partial charge in [0, 0.05) is 17.1 Å². The smallest absolute Gasteiger partial charge is 0.261 e. The average molecular weight is 430 g/mol. The lowest BCUT2D eigenvalue weighted by atomic mass is 10.2. The average Bonchev–Trinajstić information content (AvgIpc) is 3.34. The maximum atomic E-state index is 12.9.